The molecule has 0 aromatic heterocycles. The number of carbonyl (C=O) groups is 2. The molecule has 1 atom stereocenters. The van der Waals surface area contributed by atoms with Crippen LogP contribution in [0.15, 0.2) is 66.7 Å². The van der Waals surface area contributed by atoms with E-state index in [1.807, 2.05) is 0 Å². The molecular weight excluding hydrogens is 440 g/mol. The van der Waals surface area contributed by atoms with Crippen LogP contribution >= 0.6 is 11.6 Å². The van der Waals surface area contributed by atoms with Crippen molar-refractivity contribution in [3.8, 4) is 0 Å². The smallest absolute Gasteiger partial charge is 0.329 e. The molecule has 0 saturated carbocycles. The van der Waals surface area contributed by atoms with Crippen LogP contribution in [0, 0.1) is 11.6 Å². The third kappa shape index (κ3) is 3.79. The molecule has 6 nitrogen and oxygen atoms in total. The van der Waals surface area contributed by atoms with E-state index >= 15 is 0 Å². The molecule has 0 saturated heterocycles. The fourth-order valence-electron chi connectivity index (χ4n) is 3.62. The molecule has 3 N–H and O–H groups in total. The molecule has 9 heteroatoms. The number of aliphatic hydroxyl groups is 1. The van der Waals surface area contributed by atoms with Crippen LogP contribution in [0.2, 0.25) is 5.02 Å². The predicted molar refractivity (Wildman–Crippen MR) is 116 cm³/mol. The van der Waals surface area contributed by atoms with E-state index in [1.165, 1.54) is 18.2 Å². The average Bonchev–Trinajstić information content (AvgIpc) is 2.77. The third-order valence-electron chi connectivity index (χ3n) is 5.16. The number of carbonyl (C=O) groups excluding carboxylic acids is 2. The van der Waals surface area contributed by atoms with E-state index in [9.17, 15) is 23.5 Å². The molecular formula is C23H18ClF2N3O3. The van der Waals surface area contributed by atoms with E-state index in [-0.39, 0.29) is 17.8 Å². The summed E-state index contributed by atoms with van der Waals surface area (Å²) in [7, 11) is 0. The van der Waals surface area contributed by atoms with Crippen molar-refractivity contribution in [1.82, 2.24) is 5.32 Å². The number of nitrogens with zero attached hydrogens (tertiary/aromatic N) is 1. The van der Waals surface area contributed by atoms with Gasteiger partial charge in [0.1, 0.15) is 17.3 Å². The van der Waals surface area contributed by atoms with E-state index in [1.54, 1.807) is 30.3 Å². The van der Waals surface area contributed by atoms with Crippen LogP contribution in [0.3, 0.4) is 0 Å². The summed E-state index contributed by atoms with van der Waals surface area (Å²) in [4.78, 5) is 26.5. The number of benzene rings is 3. The summed E-state index contributed by atoms with van der Waals surface area (Å²) < 4.78 is 29.2. The molecule has 0 bridgehead atoms. The van der Waals surface area contributed by atoms with Crippen molar-refractivity contribution in [2.45, 2.75) is 12.1 Å². The zero-order chi connectivity index (χ0) is 22.9. The first-order chi connectivity index (χ1) is 15.3. The van der Waals surface area contributed by atoms with Crippen molar-refractivity contribution in [3.05, 3.63) is 94.5 Å². The number of para-hydroxylation sites is 2. The van der Waals surface area contributed by atoms with Crippen molar-refractivity contribution in [3.63, 3.8) is 0 Å². The summed E-state index contributed by atoms with van der Waals surface area (Å²) >= 11 is 5.87. The topological polar surface area (TPSA) is 81.7 Å². The monoisotopic (exact) mass is 457 g/mol. The Morgan fingerprint density at radius 2 is 1.69 bits per heavy atom. The van der Waals surface area contributed by atoms with Gasteiger partial charge in [0.2, 0.25) is 0 Å². The molecule has 3 aromatic rings. The summed E-state index contributed by atoms with van der Waals surface area (Å²) in [5.74, 6) is -3.21. The Morgan fingerprint density at radius 3 is 2.38 bits per heavy atom. The fourth-order valence-corrected chi connectivity index (χ4v) is 3.75. The number of halogens is 3. The van der Waals surface area contributed by atoms with Gasteiger partial charge in [-0.25, -0.2) is 18.5 Å². The maximum Gasteiger partial charge on any atom is 0.329 e. The maximum absolute atomic E-state index is 14.6. The van der Waals surface area contributed by atoms with Crippen LogP contribution in [0.4, 0.5) is 25.0 Å². The Hall–Kier alpha value is -3.49. The van der Waals surface area contributed by atoms with Crippen LogP contribution in [-0.2, 0) is 16.9 Å². The Kier molecular flexibility index (Phi) is 5.82. The number of hydrogen-bond donors (Lipinski definition) is 3. The van der Waals surface area contributed by atoms with Crippen LogP contribution < -0.4 is 15.5 Å². The molecule has 1 aliphatic heterocycles. The Morgan fingerprint density at radius 1 is 1.03 bits per heavy atom. The standard InChI is InChI=1S/C23H18ClF2N3O3/c24-15-10-8-14(9-11-15)12-13-27-21(30)23(32)16-4-1-2-7-19(16)28-22(31)29(23)20-17(25)5-3-6-18(20)26/h1-11,32H,12-13H2,(H,27,30)(H,28,31)/t23-/m1/s1. The predicted octanol–water partition coefficient (Wildman–Crippen LogP) is 4.17. The number of rotatable bonds is 5. The number of anilines is 2. The first-order valence-corrected chi connectivity index (χ1v) is 10.1. The second kappa shape index (κ2) is 8.57. The highest BCUT2D eigenvalue weighted by Gasteiger charge is 2.53. The molecule has 1 heterocycles. The van der Waals surface area contributed by atoms with Crippen LogP contribution in [0.1, 0.15) is 11.1 Å². The fraction of sp³-hybridized carbons (Fsp3) is 0.130. The summed E-state index contributed by atoms with van der Waals surface area (Å²) in [6.07, 6.45) is 0.404. The van der Waals surface area contributed by atoms with E-state index in [0.29, 0.717) is 16.3 Å². The summed E-state index contributed by atoms with van der Waals surface area (Å²) in [5.41, 5.74) is -2.52. The highest BCUT2D eigenvalue weighted by Crippen LogP contribution is 2.41. The largest absolute Gasteiger partial charge is 0.359 e. The minimum atomic E-state index is -2.69. The first kappa shape index (κ1) is 21.7. The summed E-state index contributed by atoms with van der Waals surface area (Å²) in [5, 5.41) is 17.2. The van der Waals surface area contributed by atoms with Crippen LogP contribution in [0.25, 0.3) is 0 Å². The molecule has 0 fully saturated rings. The molecule has 4 rings (SSSR count). The zero-order valence-corrected chi connectivity index (χ0v) is 17.4. The Balaban J connectivity index is 1.71. The molecule has 3 aromatic carbocycles. The van der Waals surface area contributed by atoms with E-state index in [2.05, 4.69) is 10.6 Å². The van der Waals surface area contributed by atoms with Crippen molar-refractivity contribution in [1.29, 1.82) is 0 Å². The lowest BCUT2D eigenvalue weighted by Gasteiger charge is -2.42. The lowest BCUT2D eigenvalue weighted by atomic mass is 9.94. The number of nitrogens with one attached hydrogen (secondary N) is 2. The van der Waals surface area contributed by atoms with Gasteiger partial charge in [-0.15, -0.1) is 0 Å². The average molecular weight is 458 g/mol. The highest BCUT2D eigenvalue weighted by molar-refractivity contribution is 6.30. The van der Waals surface area contributed by atoms with Crippen molar-refractivity contribution in [2.24, 2.45) is 0 Å². The van der Waals surface area contributed by atoms with Crippen molar-refractivity contribution in [2.75, 3.05) is 16.8 Å². The van der Waals surface area contributed by atoms with Gasteiger partial charge in [-0.2, -0.15) is 0 Å². The SMILES string of the molecule is O=C1Nc2ccccc2[C@@](O)(C(=O)NCCc2ccc(Cl)cc2)N1c1c(F)cccc1F. The quantitative estimate of drug-likeness (QED) is 0.537. The zero-order valence-electron chi connectivity index (χ0n) is 16.6. The molecule has 0 spiro atoms. The summed E-state index contributed by atoms with van der Waals surface area (Å²) in [6.45, 7) is 0.0974. The molecule has 1 aliphatic rings. The number of urea groups is 1. The lowest BCUT2D eigenvalue weighted by molar-refractivity contribution is -0.140. The minimum absolute atomic E-state index is 0.0220. The van der Waals surface area contributed by atoms with E-state index in [4.69, 9.17) is 11.6 Å². The second-order valence-electron chi connectivity index (χ2n) is 7.19. The molecule has 0 aliphatic carbocycles. The van der Waals surface area contributed by atoms with E-state index in [0.717, 1.165) is 23.8 Å². The molecule has 0 unspecified atom stereocenters. The minimum Gasteiger partial charge on any atom is -0.359 e. The molecule has 32 heavy (non-hydrogen) atoms. The van der Waals surface area contributed by atoms with Gasteiger partial charge in [-0.1, -0.05) is 48.0 Å². The van der Waals surface area contributed by atoms with Gasteiger partial charge >= 0.3 is 6.03 Å². The first-order valence-electron chi connectivity index (χ1n) is 9.72. The van der Waals surface area contributed by atoms with Gasteiger partial charge in [0.05, 0.1) is 5.69 Å². The van der Waals surface area contributed by atoms with Crippen LogP contribution in [-0.4, -0.2) is 23.6 Å². The lowest BCUT2D eigenvalue weighted by Crippen LogP contribution is -2.63. The van der Waals surface area contributed by atoms with Gasteiger partial charge in [0, 0.05) is 17.1 Å². The number of hydrogen-bond acceptors (Lipinski definition) is 3. The van der Waals surface area contributed by atoms with Gasteiger partial charge in [0.15, 0.2) is 0 Å². The van der Waals surface area contributed by atoms with Gasteiger partial charge < -0.3 is 15.7 Å². The number of fused-ring (bicyclic) bond motifs is 1. The van der Waals surface area contributed by atoms with E-state index < -0.39 is 35.0 Å². The normalized spacial score (nSPS) is 17.5. The maximum atomic E-state index is 14.6. The third-order valence-corrected chi connectivity index (χ3v) is 5.41. The molecule has 0 radical (unpaired) electrons. The van der Waals surface area contributed by atoms with Gasteiger partial charge in [-0.05, 0) is 42.3 Å². The van der Waals surface area contributed by atoms with Gasteiger partial charge in [0.25, 0.3) is 11.6 Å². The second-order valence-corrected chi connectivity index (χ2v) is 7.62. The number of amides is 3. The molecule has 3 amide bonds. The molecule has 164 valence electrons. The Bertz CT molecular complexity index is 1170. The Labute approximate surface area is 187 Å². The van der Waals surface area contributed by atoms with Crippen molar-refractivity contribution < 1.29 is 23.5 Å². The van der Waals surface area contributed by atoms with Gasteiger partial charge in [-0.3, -0.25) is 4.79 Å². The van der Waals surface area contributed by atoms with Crippen molar-refractivity contribution >= 4 is 34.9 Å². The van der Waals surface area contributed by atoms with Crippen LogP contribution in [0.5, 0.6) is 0 Å². The highest BCUT2D eigenvalue weighted by atomic mass is 35.5. The summed E-state index contributed by atoms with van der Waals surface area (Å²) in [6, 6.07) is 14.9.